The molecule has 0 unspecified atom stereocenters. The van der Waals surface area contributed by atoms with E-state index in [0.29, 0.717) is 0 Å². The molecule has 0 saturated carbocycles. The van der Waals surface area contributed by atoms with E-state index in [0.717, 1.165) is 30.0 Å². The van der Waals surface area contributed by atoms with Crippen molar-refractivity contribution in [1.82, 2.24) is 19.3 Å². The van der Waals surface area contributed by atoms with Crippen LogP contribution in [0.1, 0.15) is 24.1 Å². The summed E-state index contributed by atoms with van der Waals surface area (Å²) in [6.45, 7) is 4.99. The van der Waals surface area contributed by atoms with Crippen molar-refractivity contribution in [2.75, 3.05) is 0 Å². The van der Waals surface area contributed by atoms with Crippen molar-refractivity contribution in [2.24, 2.45) is 7.05 Å². The summed E-state index contributed by atoms with van der Waals surface area (Å²) >= 11 is 0. The van der Waals surface area contributed by atoms with Gasteiger partial charge in [-0.2, -0.15) is 5.10 Å². The number of hydrogen-bond donors (Lipinski definition) is 0. The number of hydrogen-bond acceptors (Lipinski definition) is 2. The number of fused-ring (bicyclic) bond motifs is 1. The molecule has 0 bridgehead atoms. The van der Waals surface area contributed by atoms with Crippen LogP contribution in [0.15, 0.2) is 30.3 Å². The summed E-state index contributed by atoms with van der Waals surface area (Å²) in [7, 11) is 1.99. The van der Waals surface area contributed by atoms with Crippen LogP contribution in [0, 0.1) is 6.92 Å². The summed E-state index contributed by atoms with van der Waals surface area (Å²) in [5, 5.41) is 4.41. The van der Waals surface area contributed by atoms with Gasteiger partial charge >= 0.3 is 0 Å². The minimum atomic E-state index is 0.820. The Morgan fingerprint density at radius 2 is 2.00 bits per heavy atom. The Balaban J connectivity index is 2.11. The molecule has 0 aliphatic rings. The van der Waals surface area contributed by atoms with Crippen LogP contribution in [0.3, 0.4) is 0 Å². The summed E-state index contributed by atoms with van der Waals surface area (Å²) in [6, 6.07) is 10.4. The largest absolute Gasteiger partial charge is 0.322 e. The van der Waals surface area contributed by atoms with Gasteiger partial charge in [0.15, 0.2) is 0 Å². The first-order chi connectivity index (χ1) is 9.19. The Hall–Kier alpha value is -2.10. The molecule has 0 aliphatic heterocycles. The molecule has 0 spiro atoms. The third-order valence-electron chi connectivity index (χ3n) is 3.47. The van der Waals surface area contributed by atoms with Crippen molar-refractivity contribution >= 4 is 11.0 Å². The van der Waals surface area contributed by atoms with E-state index in [1.165, 1.54) is 11.2 Å². The van der Waals surface area contributed by atoms with Gasteiger partial charge < -0.3 is 4.57 Å². The summed E-state index contributed by atoms with van der Waals surface area (Å²) in [4.78, 5) is 4.70. The molecule has 0 saturated heterocycles. The van der Waals surface area contributed by atoms with E-state index in [1.807, 2.05) is 24.7 Å². The topological polar surface area (TPSA) is 35.6 Å². The summed E-state index contributed by atoms with van der Waals surface area (Å²) in [5.41, 5.74) is 4.52. The fraction of sp³-hybridized carbons (Fsp3) is 0.333. The lowest BCUT2D eigenvalue weighted by atomic mass is 10.3. The molecule has 0 radical (unpaired) electrons. The molecule has 2 heterocycles. The normalized spacial score (nSPS) is 11.3. The monoisotopic (exact) mass is 254 g/mol. The van der Waals surface area contributed by atoms with Crippen molar-refractivity contribution in [3.05, 3.63) is 47.5 Å². The lowest BCUT2D eigenvalue weighted by Crippen LogP contribution is -2.08. The summed E-state index contributed by atoms with van der Waals surface area (Å²) in [6.07, 6.45) is 0.936. The van der Waals surface area contributed by atoms with Gasteiger partial charge in [-0.25, -0.2) is 4.98 Å². The van der Waals surface area contributed by atoms with E-state index in [-0.39, 0.29) is 0 Å². The number of imidazole rings is 1. The Morgan fingerprint density at radius 1 is 1.21 bits per heavy atom. The van der Waals surface area contributed by atoms with Crippen LogP contribution >= 0.6 is 0 Å². The third kappa shape index (κ3) is 2.03. The van der Waals surface area contributed by atoms with Crippen molar-refractivity contribution in [2.45, 2.75) is 26.8 Å². The Morgan fingerprint density at radius 3 is 2.68 bits per heavy atom. The smallest absolute Gasteiger partial charge is 0.109 e. The van der Waals surface area contributed by atoms with Crippen LogP contribution in [0.5, 0.6) is 0 Å². The first-order valence-electron chi connectivity index (χ1n) is 6.62. The predicted octanol–water partition coefficient (Wildman–Crippen LogP) is 2.69. The number of rotatable bonds is 3. The quantitative estimate of drug-likeness (QED) is 0.720. The highest BCUT2D eigenvalue weighted by molar-refractivity contribution is 5.76. The van der Waals surface area contributed by atoms with Crippen molar-refractivity contribution in [3.63, 3.8) is 0 Å². The molecule has 19 heavy (non-hydrogen) atoms. The van der Waals surface area contributed by atoms with Gasteiger partial charge in [0.2, 0.25) is 0 Å². The van der Waals surface area contributed by atoms with Gasteiger partial charge in [-0.05, 0) is 25.1 Å². The van der Waals surface area contributed by atoms with Crippen LogP contribution in [0.2, 0.25) is 0 Å². The Bertz CT molecular complexity index is 721. The molecule has 0 aliphatic carbocycles. The molecule has 0 fully saturated rings. The number of para-hydroxylation sites is 2. The highest BCUT2D eigenvalue weighted by atomic mass is 15.3. The van der Waals surface area contributed by atoms with Crippen LogP contribution < -0.4 is 0 Å². The van der Waals surface area contributed by atoms with Gasteiger partial charge in [0.1, 0.15) is 5.82 Å². The van der Waals surface area contributed by atoms with Crippen LogP contribution in [-0.4, -0.2) is 19.3 Å². The van der Waals surface area contributed by atoms with Crippen LogP contribution in [0.4, 0.5) is 0 Å². The summed E-state index contributed by atoms with van der Waals surface area (Å²) < 4.78 is 4.23. The fourth-order valence-electron chi connectivity index (χ4n) is 2.55. The zero-order chi connectivity index (χ0) is 13.4. The lowest BCUT2D eigenvalue weighted by Gasteiger charge is -2.08. The third-order valence-corrected chi connectivity index (χ3v) is 3.47. The van der Waals surface area contributed by atoms with Crippen LogP contribution in [-0.2, 0) is 20.0 Å². The molecule has 0 N–H and O–H groups in total. The molecule has 4 nitrogen and oxygen atoms in total. The van der Waals surface area contributed by atoms with Gasteiger partial charge in [0, 0.05) is 13.5 Å². The first-order valence-corrected chi connectivity index (χ1v) is 6.62. The van der Waals surface area contributed by atoms with Gasteiger partial charge in [-0.1, -0.05) is 19.1 Å². The van der Waals surface area contributed by atoms with Crippen LogP contribution in [0.25, 0.3) is 11.0 Å². The van der Waals surface area contributed by atoms with Gasteiger partial charge in [-0.15, -0.1) is 0 Å². The van der Waals surface area contributed by atoms with Crippen molar-refractivity contribution < 1.29 is 0 Å². The second kappa shape index (κ2) is 4.53. The Labute approximate surface area is 112 Å². The average Bonchev–Trinajstić information content (AvgIpc) is 2.91. The molecular formula is C15H18N4. The Kier molecular flexibility index (Phi) is 2.85. The molecule has 4 heteroatoms. The first kappa shape index (κ1) is 12.0. The minimum absolute atomic E-state index is 0.820. The maximum atomic E-state index is 4.70. The van der Waals surface area contributed by atoms with Crippen molar-refractivity contribution in [1.29, 1.82) is 0 Å². The lowest BCUT2D eigenvalue weighted by molar-refractivity contribution is 0.654. The second-order valence-electron chi connectivity index (χ2n) is 4.86. The molecule has 98 valence electrons. The number of aryl methyl sites for hydroxylation is 3. The zero-order valence-electron chi connectivity index (χ0n) is 11.6. The summed E-state index contributed by atoms with van der Waals surface area (Å²) in [5.74, 6) is 1.13. The highest BCUT2D eigenvalue weighted by Crippen LogP contribution is 2.18. The minimum Gasteiger partial charge on any atom is -0.322 e. The van der Waals surface area contributed by atoms with Gasteiger partial charge in [0.25, 0.3) is 0 Å². The van der Waals surface area contributed by atoms with Gasteiger partial charge in [0.05, 0.1) is 29.0 Å². The standard InChI is InChI=1S/C15H18N4/c1-4-15-16-13-7-5-6-8-14(13)19(15)10-12-9-11(2)17-18(12)3/h5-9H,4,10H2,1-3H3. The zero-order valence-corrected chi connectivity index (χ0v) is 11.6. The maximum Gasteiger partial charge on any atom is 0.109 e. The van der Waals surface area contributed by atoms with E-state index in [1.54, 1.807) is 0 Å². The maximum absolute atomic E-state index is 4.70. The fourth-order valence-corrected chi connectivity index (χ4v) is 2.55. The van der Waals surface area contributed by atoms with E-state index in [9.17, 15) is 0 Å². The van der Waals surface area contributed by atoms with E-state index in [4.69, 9.17) is 4.98 Å². The van der Waals surface area contributed by atoms with E-state index < -0.39 is 0 Å². The molecular weight excluding hydrogens is 236 g/mol. The molecule has 0 amide bonds. The van der Waals surface area contributed by atoms with E-state index >= 15 is 0 Å². The molecule has 3 rings (SSSR count). The average molecular weight is 254 g/mol. The second-order valence-corrected chi connectivity index (χ2v) is 4.86. The van der Waals surface area contributed by atoms with E-state index in [2.05, 4.69) is 40.9 Å². The molecule has 1 aromatic carbocycles. The number of benzene rings is 1. The number of nitrogens with zero attached hydrogens (tertiary/aromatic N) is 4. The highest BCUT2D eigenvalue weighted by Gasteiger charge is 2.11. The van der Waals surface area contributed by atoms with Gasteiger partial charge in [-0.3, -0.25) is 4.68 Å². The predicted molar refractivity (Wildman–Crippen MR) is 76.2 cm³/mol. The SMILES string of the molecule is CCc1nc2ccccc2n1Cc1cc(C)nn1C. The molecule has 2 aromatic heterocycles. The number of aromatic nitrogens is 4. The van der Waals surface area contributed by atoms with Crippen molar-refractivity contribution in [3.8, 4) is 0 Å². The molecule has 3 aromatic rings. The molecule has 0 atom stereocenters.